The number of hydrogen-bond acceptors (Lipinski definition) is 2. The second-order valence-corrected chi connectivity index (χ2v) is 5.34. The van der Waals surface area contributed by atoms with Crippen molar-refractivity contribution in [2.75, 3.05) is 0 Å². The van der Waals surface area contributed by atoms with Crippen molar-refractivity contribution in [1.82, 2.24) is 15.0 Å². The van der Waals surface area contributed by atoms with E-state index in [-0.39, 0.29) is 11.6 Å². The highest BCUT2D eigenvalue weighted by atomic mass is 79.9. The lowest BCUT2D eigenvalue weighted by molar-refractivity contribution is -0.155. The van der Waals surface area contributed by atoms with E-state index < -0.39 is 12.1 Å². The van der Waals surface area contributed by atoms with Gasteiger partial charge in [-0.1, -0.05) is 0 Å². The van der Waals surface area contributed by atoms with Crippen LogP contribution in [0.5, 0.6) is 0 Å². The molecule has 0 bridgehead atoms. The number of nitrogens with one attached hydrogen (secondary N) is 1. The molecule has 18 heavy (non-hydrogen) atoms. The number of fused-ring (bicyclic) bond motifs is 1. The highest BCUT2D eigenvalue weighted by Crippen LogP contribution is 2.50. The molecule has 1 aliphatic rings. The zero-order valence-electron chi connectivity index (χ0n) is 9.13. The fraction of sp³-hybridized carbons (Fsp3) is 0.455. The summed E-state index contributed by atoms with van der Waals surface area (Å²) in [7, 11) is 0. The summed E-state index contributed by atoms with van der Waals surface area (Å²) >= 11 is 3.24. The number of aromatic nitrogens is 3. The van der Waals surface area contributed by atoms with Gasteiger partial charge < -0.3 is 4.98 Å². The fourth-order valence-corrected chi connectivity index (χ4v) is 2.52. The largest absolute Gasteiger partial charge is 0.397 e. The third-order valence-electron chi connectivity index (χ3n) is 3.12. The van der Waals surface area contributed by atoms with E-state index in [1.54, 1.807) is 6.20 Å². The molecule has 1 saturated carbocycles. The number of rotatable bonds is 2. The highest BCUT2D eigenvalue weighted by Gasteiger charge is 2.50. The van der Waals surface area contributed by atoms with Crippen molar-refractivity contribution in [3.05, 3.63) is 22.6 Å². The molecule has 0 radical (unpaired) electrons. The Morgan fingerprint density at radius 3 is 2.72 bits per heavy atom. The van der Waals surface area contributed by atoms with Gasteiger partial charge in [-0.2, -0.15) is 13.2 Å². The average molecular weight is 320 g/mol. The monoisotopic (exact) mass is 319 g/mol. The van der Waals surface area contributed by atoms with Crippen LogP contribution in [0, 0.1) is 5.92 Å². The Balaban J connectivity index is 2.08. The van der Waals surface area contributed by atoms with Crippen LogP contribution in [0.4, 0.5) is 13.2 Å². The van der Waals surface area contributed by atoms with Gasteiger partial charge in [0.15, 0.2) is 5.65 Å². The van der Waals surface area contributed by atoms with Gasteiger partial charge in [-0.25, -0.2) is 9.97 Å². The summed E-state index contributed by atoms with van der Waals surface area (Å²) < 4.78 is 39.7. The number of halogens is 4. The Kier molecular flexibility index (Phi) is 2.62. The molecule has 1 atom stereocenters. The maximum absolute atomic E-state index is 13.0. The Morgan fingerprint density at radius 1 is 1.39 bits per heavy atom. The van der Waals surface area contributed by atoms with Crippen molar-refractivity contribution in [2.45, 2.75) is 24.9 Å². The van der Waals surface area contributed by atoms with Crippen molar-refractivity contribution in [3.8, 4) is 0 Å². The summed E-state index contributed by atoms with van der Waals surface area (Å²) in [6.45, 7) is 0. The standard InChI is InChI=1S/C11H9BrF3N3/c12-6-3-16-10-9(6)18-7(4-17-10)8(5-1-2-5)11(13,14)15/h3-5,8H,1-2H2,(H,16,17). The number of H-pyrrole nitrogens is 1. The van der Waals surface area contributed by atoms with E-state index in [1.807, 2.05) is 0 Å². The van der Waals surface area contributed by atoms with Gasteiger partial charge in [-0.05, 0) is 34.7 Å². The van der Waals surface area contributed by atoms with E-state index in [0.717, 1.165) is 0 Å². The summed E-state index contributed by atoms with van der Waals surface area (Å²) in [5, 5.41) is 0. The maximum Gasteiger partial charge on any atom is 0.397 e. The summed E-state index contributed by atoms with van der Waals surface area (Å²) in [6.07, 6.45) is -0.196. The molecule has 1 fully saturated rings. The first-order valence-corrected chi connectivity index (χ1v) is 6.32. The van der Waals surface area contributed by atoms with Crippen LogP contribution in [0.15, 0.2) is 16.9 Å². The molecule has 3 nitrogen and oxygen atoms in total. The molecule has 2 aromatic heterocycles. The second kappa shape index (κ2) is 3.94. The molecule has 0 aliphatic heterocycles. The number of hydrogen-bond donors (Lipinski definition) is 1. The molecule has 0 spiro atoms. The number of nitrogens with zero attached hydrogens (tertiary/aromatic N) is 2. The number of aromatic amines is 1. The molecule has 1 aliphatic carbocycles. The molecule has 1 unspecified atom stereocenters. The minimum Gasteiger partial charge on any atom is -0.344 e. The Hall–Kier alpha value is -1.11. The lowest BCUT2D eigenvalue weighted by Crippen LogP contribution is -2.23. The van der Waals surface area contributed by atoms with Crippen LogP contribution in [0.1, 0.15) is 24.5 Å². The highest BCUT2D eigenvalue weighted by molar-refractivity contribution is 9.10. The third kappa shape index (κ3) is 2.00. The predicted octanol–water partition coefficient (Wildman–Crippen LogP) is 3.78. The van der Waals surface area contributed by atoms with Crippen molar-refractivity contribution in [3.63, 3.8) is 0 Å². The minimum absolute atomic E-state index is 0.0119. The van der Waals surface area contributed by atoms with Gasteiger partial charge in [0.2, 0.25) is 0 Å². The van der Waals surface area contributed by atoms with Gasteiger partial charge in [0.05, 0.1) is 16.4 Å². The van der Waals surface area contributed by atoms with Crippen molar-refractivity contribution in [2.24, 2.45) is 5.92 Å². The minimum atomic E-state index is -4.26. The van der Waals surface area contributed by atoms with Crippen LogP contribution < -0.4 is 0 Å². The predicted molar refractivity (Wildman–Crippen MR) is 63.1 cm³/mol. The van der Waals surface area contributed by atoms with E-state index in [9.17, 15) is 13.2 Å². The van der Waals surface area contributed by atoms with Gasteiger partial charge in [-0.15, -0.1) is 0 Å². The van der Waals surface area contributed by atoms with Crippen LogP contribution in [0.25, 0.3) is 11.2 Å². The smallest absolute Gasteiger partial charge is 0.344 e. The summed E-state index contributed by atoms with van der Waals surface area (Å²) in [4.78, 5) is 10.9. The average Bonchev–Trinajstić information content (AvgIpc) is 3.03. The van der Waals surface area contributed by atoms with Gasteiger partial charge in [-0.3, -0.25) is 0 Å². The molecule has 7 heteroatoms. The third-order valence-corrected chi connectivity index (χ3v) is 3.72. The molecular weight excluding hydrogens is 311 g/mol. The van der Waals surface area contributed by atoms with Crippen LogP contribution >= 0.6 is 15.9 Å². The van der Waals surface area contributed by atoms with Crippen LogP contribution in [0.2, 0.25) is 0 Å². The molecule has 0 saturated heterocycles. The summed E-state index contributed by atoms with van der Waals surface area (Å²) in [6, 6.07) is 0. The van der Waals surface area contributed by atoms with E-state index >= 15 is 0 Å². The van der Waals surface area contributed by atoms with Gasteiger partial charge in [0.25, 0.3) is 0 Å². The lowest BCUT2D eigenvalue weighted by Gasteiger charge is -2.18. The van der Waals surface area contributed by atoms with E-state index in [2.05, 4.69) is 30.9 Å². The molecule has 3 rings (SSSR count). The van der Waals surface area contributed by atoms with Crippen LogP contribution in [0.3, 0.4) is 0 Å². The molecule has 0 amide bonds. The maximum atomic E-state index is 13.0. The van der Waals surface area contributed by atoms with Gasteiger partial charge >= 0.3 is 6.18 Å². The zero-order valence-corrected chi connectivity index (χ0v) is 10.7. The van der Waals surface area contributed by atoms with Crippen LogP contribution in [-0.2, 0) is 0 Å². The molecule has 2 heterocycles. The SMILES string of the molecule is FC(F)(F)C(c1cnc2[nH]cc(Br)c2n1)C1CC1. The second-order valence-electron chi connectivity index (χ2n) is 4.49. The molecule has 2 aromatic rings. The van der Waals surface area contributed by atoms with Crippen molar-refractivity contribution < 1.29 is 13.2 Å². The van der Waals surface area contributed by atoms with Gasteiger partial charge in [0, 0.05) is 6.20 Å². The first-order valence-electron chi connectivity index (χ1n) is 5.53. The van der Waals surface area contributed by atoms with Crippen molar-refractivity contribution >= 4 is 27.1 Å². The van der Waals surface area contributed by atoms with E-state index in [0.29, 0.717) is 28.5 Å². The quantitative estimate of drug-likeness (QED) is 0.915. The zero-order chi connectivity index (χ0) is 12.9. The topological polar surface area (TPSA) is 41.6 Å². The fourth-order valence-electron chi connectivity index (χ4n) is 2.13. The normalized spacial score (nSPS) is 18.2. The first-order chi connectivity index (χ1) is 8.47. The summed E-state index contributed by atoms with van der Waals surface area (Å²) in [5.74, 6) is -1.83. The first kappa shape index (κ1) is 12.0. The Bertz CT molecular complexity index is 589. The van der Waals surface area contributed by atoms with Gasteiger partial charge in [0.1, 0.15) is 11.4 Å². The van der Waals surface area contributed by atoms with Crippen molar-refractivity contribution in [1.29, 1.82) is 0 Å². The Morgan fingerprint density at radius 2 is 2.11 bits per heavy atom. The van der Waals surface area contributed by atoms with E-state index in [4.69, 9.17) is 0 Å². The van der Waals surface area contributed by atoms with E-state index in [1.165, 1.54) is 6.20 Å². The Labute approximate surface area is 109 Å². The molecule has 0 aromatic carbocycles. The molecule has 96 valence electrons. The molecular formula is C11H9BrF3N3. The molecule has 1 N–H and O–H groups in total. The lowest BCUT2D eigenvalue weighted by atomic mass is 9.99. The summed E-state index contributed by atoms with van der Waals surface area (Å²) in [5.41, 5.74) is 0.947. The number of alkyl halides is 3. The van der Waals surface area contributed by atoms with Crippen LogP contribution in [-0.4, -0.2) is 21.1 Å².